The van der Waals surface area contributed by atoms with Crippen LogP contribution >= 0.6 is 0 Å². The molecule has 0 radical (unpaired) electrons. The molecule has 0 atom stereocenters. The molecular formula is C10H17N3O. The molecule has 1 aromatic rings. The second-order valence-corrected chi connectivity index (χ2v) is 3.80. The second kappa shape index (κ2) is 4.57. The Kier molecular flexibility index (Phi) is 3.16. The number of rotatable bonds is 4. The maximum atomic E-state index is 5.18. The third-order valence-corrected chi connectivity index (χ3v) is 2.54. The molecule has 2 heterocycles. The van der Waals surface area contributed by atoms with Crippen LogP contribution in [0, 0.1) is 0 Å². The van der Waals surface area contributed by atoms with Crippen molar-refractivity contribution in [2.24, 2.45) is 0 Å². The van der Waals surface area contributed by atoms with Gasteiger partial charge in [0.2, 0.25) is 0 Å². The predicted molar refractivity (Wildman–Crippen MR) is 53.8 cm³/mol. The average Bonchev–Trinajstić information content (AvgIpc) is 2.79. The molecule has 0 aliphatic carbocycles. The molecule has 1 aliphatic rings. The highest BCUT2D eigenvalue weighted by atomic mass is 16.5. The highest BCUT2D eigenvalue weighted by Crippen LogP contribution is 2.12. The van der Waals surface area contributed by atoms with Crippen LogP contribution in [0.5, 0.6) is 0 Å². The quantitative estimate of drug-likeness (QED) is 0.778. The van der Waals surface area contributed by atoms with Crippen LogP contribution in [0.15, 0.2) is 10.6 Å². The van der Waals surface area contributed by atoms with Gasteiger partial charge in [0.05, 0.1) is 12.2 Å². The van der Waals surface area contributed by atoms with E-state index in [1.807, 2.05) is 13.1 Å². The summed E-state index contributed by atoms with van der Waals surface area (Å²) in [6, 6.07) is 2.04. The summed E-state index contributed by atoms with van der Waals surface area (Å²) in [4.78, 5) is 2.42. The number of nitrogens with one attached hydrogen (secondary N) is 1. The van der Waals surface area contributed by atoms with E-state index in [9.17, 15) is 0 Å². The van der Waals surface area contributed by atoms with Crippen molar-refractivity contribution in [3.63, 3.8) is 0 Å². The van der Waals surface area contributed by atoms with Crippen LogP contribution in [0.4, 0.5) is 0 Å². The van der Waals surface area contributed by atoms with Gasteiger partial charge in [0, 0.05) is 12.6 Å². The summed E-state index contributed by atoms with van der Waals surface area (Å²) >= 11 is 0. The lowest BCUT2D eigenvalue weighted by molar-refractivity contribution is 0.309. The monoisotopic (exact) mass is 195 g/mol. The number of likely N-dealkylation sites (tertiary alicyclic amines) is 1. The van der Waals surface area contributed by atoms with Crippen LogP contribution in [-0.2, 0) is 13.1 Å². The van der Waals surface area contributed by atoms with Gasteiger partial charge < -0.3 is 9.84 Å². The van der Waals surface area contributed by atoms with Crippen LogP contribution in [0.3, 0.4) is 0 Å². The summed E-state index contributed by atoms with van der Waals surface area (Å²) in [7, 11) is 1.91. The summed E-state index contributed by atoms with van der Waals surface area (Å²) in [5, 5.41) is 7.09. The number of hydrogen-bond donors (Lipinski definition) is 1. The largest absolute Gasteiger partial charge is 0.360 e. The minimum atomic E-state index is 0.757. The van der Waals surface area contributed by atoms with Gasteiger partial charge in [0.25, 0.3) is 0 Å². The van der Waals surface area contributed by atoms with E-state index < -0.39 is 0 Å². The molecular weight excluding hydrogens is 178 g/mol. The molecule has 0 bridgehead atoms. The Morgan fingerprint density at radius 3 is 3.00 bits per heavy atom. The fourth-order valence-corrected chi connectivity index (χ4v) is 1.86. The van der Waals surface area contributed by atoms with E-state index in [0.717, 1.165) is 24.5 Å². The summed E-state index contributed by atoms with van der Waals surface area (Å²) in [6.07, 6.45) is 2.64. The Balaban J connectivity index is 1.88. The molecule has 0 unspecified atom stereocenters. The Labute approximate surface area is 84.3 Å². The van der Waals surface area contributed by atoms with Crippen LogP contribution in [0.1, 0.15) is 24.3 Å². The first-order valence-electron chi connectivity index (χ1n) is 5.20. The second-order valence-electron chi connectivity index (χ2n) is 3.80. The third kappa shape index (κ3) is 2.33. The van der Waals surface area contributed by atoms with Gasteiger partial charge in [-0.05, 0) is 33.0 Å². The van der Waals surface area contributed by atoms with E-state index in [0.29, 0.717) is 0 Å². The summed E-state index contributed by atoms with van der Waals surface area (Å²) in [5.41, 5.74) is 1.05. The normalized spacial score (nSPS) is 17.8. The first-order valence-corrected chi connectivity index (χ1v) is 5.20. The Morgan fingerprint density at radius 2 is 2.29 bits per heavy atom. The van der Waals surface area contributed by atoms with Crippen LogP contribution in [0.25, 0.3) is 0 Å². The lowest BCUT2D eigenvalue weighted by Crippen LogP contribution is -2.18. The molecule has 1 saturated heterocycles. The third-order valence-electron chi connectivity index (χ3n) is 2.54. The van der Waals surface area contributed by atoms with Crippen molar-refractivity contribution in [1.82, 2.24) is 15.4 Å². The zero-order valence-electron chi connectivity index (χ0n) is 8.62. The molecule has 2 rings (SSSR count). The molecule has 0 amide bonds. The molecule has 0 spiro atoms. The molecule has 4 nitrogen and oxygen atoms in total. The minimum absolute atomic E-state index is 0.757. The molecule has 14 heavy (non-hydrogen) atoms. The van der Waals surface area contributed by atoms with Crippen LogP contribution in [0.2, 0.25) is 0 Å². The van der Waals surface area contributed by atoms with Crippen molar-refractivity contribution in [2.75, 3.05) is 20.1 Å². The molecule has 0 aromatic carbocycles. The van der Waals surface area contributed by atoms with E-state index >= 15 is 0 Å². The van der Waals surface area contributed by atoms with Gasteiger partial charge in [0.15, 0.2) is 5.76 Å². The van der Waals surface area contributed by atoms with E-state index in [1.165, 1.54) is 25.9 Å². The van der Waals surface area contributed by atoms with Crippen molar-refractivity contribution in [3.8, 4) is 0 Å². The van der Waals surface area contributed by atoms with E-state index in [1.54, 1.807) is 0 Å². The summed E-state index contributed by atoms with van der Waals surface area (Å²) in [6.45, 7) is 4.10. The van der Waals surface area contributed by atoms with Gasteiger partial charge in [-0.25, -0.2) is 0 Å². The summed E-state index contributed by atoms with van der Waals surface area (Å²) in [5.74, 6) is 0.918. The highest BCUT2D eigenvalue weighted by Gasteiger charge is 2.13. The van der Waals surface area contributed by atoms with Gasteiger partial charge in [0.1, 0.15) is 0 Å². The smallest absolute Gasteiger partial charge is 0.150 e. The molecule has 1 aliphatic heterocycles. The number of nitrogens with zero attached hydrogens (tertiary/aromatic N) is 2. The van der Waals surface area contributed by atoms with Crippen molar-refractivity contribution in [1.29, 1.82) is 0 Å². The number of aromatic nitrogens is 1. The maximum Gasteiger partial charge on any atom is 0.150 e. The predicted octanol–water partition coefficient (Wildman–Crippen LogP) is 0.990. The minimum Gasteiger partial charge on any atom is -0.360 e. The molecule has 0 saturated carbocycles. The first kappa shape index (κ1) is 9.68. The highest BCUT2D eigenvalue weighted by molar-refractivity contribution is 5.05. The molecule has 1 fully saturated rings. The SMILES string of the molecule is CNCc1cc(CN2CCCC2)no1. The van der Waals surface area contributed by atoms with Crippen LogP contribution < -0.4 is 5.32 Å². The zero-order valence-corrected chi connectivity index (χ0v) is 8.62. The molecule has 4 heteroatoms. The van der Waals surface area contributed by atoms with Crippen molar-refractivity contribution < 1.29 is 4.52 Å². The molecule has 1 aromatic heterocycles. The fourth-order valence-electron chi connectivity index (χ4n) is 1.86. The van der Waals surface area contributed by atoms with Gasteiger partial charge >= 0.3 is 0 Å². The van der Waals surface area contributed by atoms with Gasteiger partial charge in [-0.3, -0.25) is 4.90 Å². The summed E-state index contributed by atoms with van der Waals surface area (Å²) < 4.78 is 5.18. The molecule has 78 valence electrons. The zero-order chi connectivity index (χ0) is 9.80. The standard InChI is InChI=1S/C10H17N3O/c1-11-7-10-6-9(12-14-10)8-13-4-2-3-5-13/h6,11H,2-5,7-8H2,1H3. The average molecular weight is 195 g/mol. The van der Waals surface area contributed by atoms with Crippen LogP contribution in [-0.4, -0.2) is 30.2 Å². The van der Waals surface area contributed by atoms with Crippen molar-refractivity contribution in [2.45, 2.75) is 25.9 Å². The topological polar surface area (TPSA) is 41.3 Å². The van der Waals surface area contributed by atoms with Gasteiger partial charge in [-0.1, -0.05) is 5.16 Å². The number of hydrogen-bond acceptors (Lipinski definition) is 4. The van der Waals surface area contributed by atoms with E-state index in [-0.39, 0.29) is 0 Å². The fraction of sp³-hybridized carbons (Fsp3) is 0.700. The Bertz CT molecular complexity index is 279. The van der Waals surface area contributed by atoms with E-state index in [4.69, 9.17) is 4.52 Å². The van der Waals surface area contributed by atoms with Gasteiger partial charge in [-0.2, -0.15) is 0 Å². The maximum absolute atomic E-state index is 5.18. The van der Waals surface area contributed by atoms with Crippen molar-refractivity contribution in [3.05, 3.63) is 17.5 Å². The first-order chi connectivity index (χ1) is 6.88. The van der Waals surface area contributed by atoms with E-state index in [2.05, 4.69) is 15.4 Å². The van der Waals surface area contributed by atoms with Crippen molar-refractivity contribution >= 4 is 0 Å². The molecule has 1 N–H and O–H groups in total. The Morgan fingerprint density at radius 1 is 1.50 bits per heavy atom. The lowest BCUT2D eigenvalue weighted by atomic mass is 10.3. The lowest BCUT2D eigenvalue weighted by Gasteiger charge is -2.10. The Hall–Kier alpha value is -0.870. The van der Waals surface area contributed by atoms with Gasteiger partial charge in [-0.15, -0.1) is 0 Å².